The first-order valence-corrected chi connectivity index (χ1v) is 14.0. The fourth-order valence-electron chi connectivity index (χ4n) is 6.39. The van der Waals surface area contributed by atoms with Gasteiger partial charge in [0.2, 0.25) is 11.8 Å². The molecule has 5 rings (SSSR count). The first-order valence-electron chi connectivity index (χ1n) is 14.0. The van der Waals surface area contributed by atoms with Gasteiger partial charge in [-0.1, -0.05) is 31.4 Å². The maximum atomic E-state index is 12.7. The van der Waals surface area contributed by atoms with Crippen LogP contribution in [0.2, 0.25) is 0 Å². The van der Waals surface area contributed by atoms with E-state index in [-0.39, 0.29) is 30.3 Å². The van der Waals surface area contributed by atoms with E-state index in [1.807, 2.05) is 24.3 Å². The summed E-state index contributed by atoms with van der Waals surface area (Å²) >= 11 is 0. The molecule has 3 heterocycles. The van der Waals surface area contributed by atoms with Crippen molar-refractivity contribution < 1.29 is 14.4 Å². The Bertz CT molecular complexity index is 922. The zero-order valence-corrected chi connectivity index (χ0v) is 21.5. The highest BCUT2D eigenvalue weighted by molar-refractivity contribution is 5.95. The van der Waals surface area contributed by atoms with E-state index in [9.17, 15) is 14.4 Å². The van der Waals surface area contributed by atoms with Crippen molar-refractivity contribution in [2.75, 3.05) is 52.4 Å². The number of benzene rings is 1. The Morgan fingerprint density at radius 2 is 1.64 bits per heavy atom. The van der Waals surface area contributed by atoms with Crippen molar-refractivity contribution in [1.82, 2.24) is 24.9 Å². The molecule has 8 heteroatoms. The minimum Gasteiger partial charge on any atom is -0.352 e. The number of nitrogens with one attached hydrogen (secondary N) is 1. The van der Waals surface area contributed by atoms with Crippen molar-refractivity contribution in [2.45, 2.75) is 70.0 Å². The monoisotopic (exact) mass is 495 g/mol. The molecule has 4 aliphatic rings. The average molecular weight is 496 g/mol. The zero-order chi connectivity index (χ0) is 24.9. The lowest BCUT2D eigenvalue weighted by Crippen LogP contribution is -2.56. The summed E-state index contributed by atoms with van der Waals surface area (Å²) in [6, 6.07) is 7.93. The fraction of sp³-hybridized carbons (Fsp3) is 0.679. The van der Waals surface area contributed by atoms with Crippen LogP contribution in [0.25, 0.3) is 0 Å². The van der Waals surface area contributed by atoms with Gasteiger partial charge >= 0.3 is 0 Å². The van der Waals surface area contributed by atoms with Gasteiger partial charge in [0.15, 0.2) is 0 Å². The molecule has 3 aliphatic heterocycles. The molecule has 8 nitrogen and oxygen atoms in total. The molecule has 0 unspecified atom stereocenters. The van der Waals surface area contributed by atoms with E-state index < -0.39 is 0 Å². The predicted octanol–water partition coefficient (Wildman–Crippen LogP) is 2.09. The van der Waals surface area contributed by atoms with Gasteiger partial charge in [0, 0.05) is 57.4 Å². The molecule has 1 aromatic rings. The Morgan fingerprint density at radius 1 is 0.889 bits per heavy atom. The second-order valence-corrected chi connectivity index (χ2v) is 10.9. The van der Waals surface area contributed by atoms with Crippen LogP contribution in [0.1, 0.15) is 67.3 Å². The maximum Gasteiger partial charge on any atom is 0.251 e. The quantitative estimate of drug-likeness (QED) is 0.559. The van der Waals surface area contributed by atoms with E-state index in [0.29, 0.717) is 25.2 Å². The second-order valence-electron chi connectivity index (χ2n) is 10.9. The van der Waals surface area contributed by atoms with Crippen molar-refractivity contribution in [3.63, 3.8) is 0 Å². The summed E-state index contributed by atoms with van der Waals surface area (Å²) in [6.45, 7) is 7.58. The first-order chi connectivity index (χ1) is 17.6. The molecule has 1 N–H and O–H groups in total. The number of carbonyl (C=O) groups excluding carboxylic acids is 3. The smallest absolute Gasteiger partial charge is 0.251 e. The molecule has 1 saturated carbocycles. The number of amides is 3. The van der Waals surface area contributed by atoms with Crippen molar-refractivity contribution in [1.29, 1.82) is 0 Å². The summed E-state index contributed by atoms with van der Waals surface area (Å²) in [4.78, 5) is 46.3. The highest BCUT2D eigenvalue weighted by atomic mass is 16.2. The molecular formula is C28H41N5O3. The van der Waals surface area contributed by atoms with Crippen LogP contribution in [-0.4, -0.2) is 102 Å². The lowest BCUT2D eigenvalue weighted by molar-refractivity contribution is -0.154. The fourth-order valence-corrected chi connectivity index (χ4v) is 6.39. The average Bonchev–Trinajstić information content (AvgIpc) is 3.42. The van der Waals surface area contributed by atoms with Crippen LogP contribution >= 0.6 is 0 Å². The zero-order valence-electron chi connectivity index (χ0n) is 21.5. The maximum absolute atomic E-state index is 12.7. The standard InChI is InChI=1S/C28H41N5O3/c34-26-21-32(28(36)25-8-4-15-33(25)26)20-22-9-11-23(12-10-22)27(35)29-13-5-14-30-16-18-31(19-17-30)24-6-2-1-3-7-24/h9-12,24-25H,1-8,13-21H2,(H,29,35)/t25-/m0/s1. The summed E-state index contributed by atoms with van der Waals surface area (Å²) in [5, 5.41) is 3.05. The van der Waals surface area contributed by atoms with Crippen molar-refractivity contribution in [3.8, 4) is 0 Å². The van der Waals surface area contributed by atoms with Gasteiger partial charge in [0.25, 0.3) is 5.91 Å². The number of piperazine rings is 2. The lowest BCUT2D eigenvalue weighted by Gasteiger charge is -2.40. The van der Waals surface area contributed by atoms with E-state index in [4.69, 9.17) is 0 Å². The van der Waals surface area contributed by atoms with Gasteiger partial charge in [-0.15, -0.1) is 0 Å². The second kappa shape index (κ2) is 11.7. The van der Waals surface area contributed by atoms with E-state index in [1.165, 1.54) is 45.2 Å². The van der Waals surface area contributed by atoms with Gasteiger partial charge in [-0.25, -0.2) is 0 Å². The Labute approximate surface area is 215 Å². The van der Waals surface area contributed by atoms with Crippen LogP contribution in [0.5, 0.6) is 0 Å². The van der Waals surface area contributed by atoms with Gasteiger partial charge in [-0.2, -0.15) is 0 Å². The molecule has 0 aromatic heterocycles. The number of hydrogen-bond donors (Lipinski definition) is 1. The van der Waals surface area contributed by atoms with Crippen molar-refractivity contribution in [3.05, 3.63) is 35.4 Å². The number of nitrogens with zero attached hydrogens (tertiary/aromatic N) is 4. The van der Waals surface area contributed by atoms with Crippen LogP contribution in [-0.2, 0) is 16.1 Å². The summed E-state index contributed by atoms with van der Waals surface area (Å²) in [7, 11) is 0. The molecule has 4 fully saturated rings. The SMILES string of the molecule is O=C(NCCCN1CCN(C2CCCCC2)CC1)c1ccc(CN2CC(=O)N3CCC[C@H]3C2=O)cc1. The van der Waals surface area contributed by atoms with Gasteiger partial charge in [-0.05, 0) is 56.3 Å². The molecular weight excluding hydrogens is 454 g/mol. The van der Waals surface area contributed by atoms with Crippen molar-refractivity contribution in [2.24, 2.45) is 0 Å². The number of rotatable bonds is 8. The lowest BCUT2D eigenvalue weighted by atomic mass is 9.94. The Kier molecular flexibility index (Phi) is 8.22. The van der Waals surface area contributed by atoms with Gasteiger partial charge in [0.05, 0.1) is 0 Å². The summed E-state index contributed by atoms with van der Waals surface area (Å²) in [5.74, 6) is 0.0259. The predicted molar refractivity (Wildman–Crippen MR) is 138 cm³/mol. The topological polar surface area (TPSA) is 76.2 Å². The molecule has 196 valence electrons. The van der Waals surface area contributed by atoms with E-state index in [0.717, 1.165) is 50.5 Å². The van der Waals surface area contributed by atoms with Crippen LogP contribution < -0.4 is 5.32 Å². The normalized spacial score (nSPS) is 24.3. The minimum absolute atomic E-state index is 0.0409. The van der Waals surface area contributed by atoms with E-state index in [2.05, 4.69) is 15.1 Å². The number of fused-ring (bicyclic) bond motifs is 1. The number of carbonyl (C=O) groups is 3. The van der Waals surface area contributed by atoms with Crippen molar-refractivity contribution >= 4 is 17.7 Å². The third-order valence-electron chi connectivity index (χ3n) is 8.52. The molecule has 36 heavy (non-hydrogen) atoms. The van der Waals surface area contributed by atoms with Crippen LogP contribution in [0.4, 0.5) is 0 Å². The van der Waals surface area contributed by atoms with Crippen LogP contribution in [0.3, 0.4) is 0 Å². The molecule has 1 aliphatic carbocycles. The van der Waals surface area contributed by atoms with Gasteiger partial charge in [-0.3, -0.25) is 19.3 Å². The van der Waals surface area contributed by atoms with Crippen LogP contribution in [0, 0.1) is 0 Å². The largest absolute Gasteiger partial charge is 0.352 e. The third-order valence-corrected chi connectivity index (χ3v) is 8.52. The Balaban J connectivity index is 1.00. The van der Waals surface area contributed by atoms with Gasteiger partial charge < -0.3 is 20.0 Å². The highest BCUT2D eigenvalue weighted by Gasteiger charge is 2.41. The molecule has 0 bridgehead atoms. The molecule has 1 atom stereocenters. The summed E-state index contributed by atoms with van der Waals surface area (Å²) in [5.41, 5.74) is 1.56. The van der Waals surface area contributed by atoms with E-state index >= 15 is 0 Å². The molecule has 0 spiro atoms. The summed E-state index contributed by atoms with van der Waals surface area (Å²) in [6.07, 6.45) is 9.57. The summed E-state index contributed by atoms with van der Waals surface area (Å²) < 4.78 is 0. The Hall–Kier alpha value is -2.45. The first kappa shape index (κ1) is 25.2. The highest BCUT2D eigenvalue weighted by Crippen LogP contribution is 2.25. The van der Waals surface area contributed by atoms with E-state index in [1.54, 1.807) is 9.80 Å². The Morgan fingerprint density at radius 3 is 2.39 bits per heavy atom. The van der Waals surface area contributed by atoms with Gasteiger partial charge in [0.1, 0.15) is 12.6 Å². The molecule has 3 saturated heterocycles. The third kappa shape index (κ3) is 5.92. The molecule has 1 aromatic carbocycles. The molecule has 0 radical (unpaired) electrons. The van der Waals surface area contributed by atoms with Crippen LogP contribution in [0.15, 0.2) is 24.3 Å². The number of hydrogen-bond acceptors (Lipinski definition) is 5. The molecule has 3 amide bonds. The minimum atomic E-state index is -0.280.